The zero-order chi connectivity index (χ0) is 13.4. The summed E-state index contributed by atoms with van der Waals surface area (Å²) in [6.07, 6.45) is -0.619. The summed E-state index contributed by atoms with van der Waals surface area (Å²) in [5.74, 6) is -1.18. The second kappa shape index (κ2) is 4.57. The van der Waals surface area contributed by atoms with Crippen molar-refractivity contribution in [1.29, 1.82) is 0 Å². The Morgan fingerprint density at radius 3 is 2.50 bits per heavy atom. The summed E-state index contributed by atoms with van der Waals surface area (Å²) in [5, 5.41) is 4.23. The highest BCUT2D eigenvalue weighted by Gasteiger charge is 2.44. The van der Waals surface area contributed by atoms with E-state index in [0.29, 0.717) is 19.3 Å². The van der Waals surface area contributed by atoms with E-state index in [4.69, 9.17) is 5.73 Å². The van der Waals surface area contributed by atoms with Crippen LogP contribution in [-0.4, -0.2) is 21.5 Å². The number of hydrogen-bond donors (Lipinski definition) is 1. The zero-order valence-corrected chi connectivity index (χ0v) is 10.4. The molecule has 1 heterocycles. The maximum atomic E-state index is 12.6. The van der Waals surface area contributed by atoms with Gasteiger partial charge in [-0.05, 0) is 31.7 Å². The first-order chi connectivity index (χ1) is 8.28. The summed E-state index contributed by atoms with van der Waals surface area (Å²) < 4.78 is 39.4. The van der Waals surface area contributed by atoms with E-state index >= 15 is 0 Å². The largest absolute Gasteiger partial charge is 0.391 e. The van der Waals surface area contributed by atoms with Gasteiger partial charge in [0.05, 0.1) is 11.6 Å². The van der Waals surface area contributed by atoms with E-state index in [1.54, 1.807) is 4.68 Å². The number of aromatic nitrogens is 2. The van der Waals surface area contributed by atoms with Crippen molar-refractivity contribution < 1.29 is 13.2 Å². The maximum absolute atomic E-state index is 12.6. The van der Waals surface area contributed by atoms with E-state index in [1.807, 2.05) is 19.3 Å². The lowest BCUT2D eigenvalue weighted by Crippen LogP contribution is -2.47. The van der Waals surface area contributed by atoms with Crippen molar-refractivity contribution >= 4 is 0 Å². The van der Waals surface area contributed by atoms with Crippen LogP contribution in [0.3, 0.4) is 0 Å². The Bertz CT molecular complexity index is 403. The molecular weight excluding hydrogens is 243 g/mol. The van der Waals surface area contributed by atoms with Gasteiger partial charge in [-0.1, -0.05) is 0 Å². The van der Waals surface area contributed by atoms with Crippen LogP contribution in [-0.2, 0) is 13.5 Å². The van der Waals surface area contributed by atoms with Crippen molar-refractivity contribution in [2.45, 2.75) is 43.8 Å². The van der Waals surface area contributed by atoms with Gasteiger partial charge in [-0.2, -0.15) is 18.3 Å². The fourth-order valence-corrected chi connectivity index (χ4v) is 2.61. The van der Waals surface area contributed by atoms with E-state index in [0.717, 1.165) is 5.69 Å². The monoisotopic (exact) mass is 261 g/mol. The first-order valence-electron chi connectivity index (χ1n) is 6.13. The van der Waals surface area contributed by atoms with Gasteiger partial charge in [0.2, 0.25) is 0 Å². The van der Waals surface area contributed by atoms with Crippen LogP contribution in [0.4, 0.5) is 13.2 Å². The smallest absolute Gasteiger partial charge is 0.325 e. The Kier molecular flexibility index (Phi) is 3.40. The molecule has 0 radical (unpaired) electrons. The van der Waals surface area contributed by atoms with E-state index in [9.17, 15) is 13.2 Å². The van der Waals surface area contributed by atoms with Crippen molar-refractivity contribution in [1.82, 2.24) is 9.78 Å². The maximum Gasteiger partial charge on any atom is 0.391 e. The van der Waals surface area contributed by atoms with Gasteiger partial charge in [0.1, 0.15) is 0 Å². The quantitative estimate of drug-likeness (QED) is 0.888. The molecule has 0 unspecified atom stereocenters. The van der Waals surface area contributed by atoms with Gasteiger partial charge >= 0.3 is 6.18 Å². The Balaban J connectivity index is 1.95. The van der Waals surface area contributed by atoms with E-state index in [2.05, 4.69) is 5.10 Å². The summed E-state index contributed by atoms with van der Waals surface area (Å²) in [7, 11) is 1.81. The number of halogens is 3. The third kappa shape index (κ3) is 3.04. The van der Waals surface area contributed by atoms with Crippen molar-refractivity contribution in [2.75, 3.05) is 0 Å². The molecule has 1 fully saturated rings. The van der Waals surface area contributed by atoms with Crippen LogP contribution >= 0.6 is 0 Å². The molecule has 1 aliphatic carbocycles. The van der Waals surface area contributed by atoms with E-state index in [-0.39, 0.29) is 12.8 Å². The number of aryl methyl sites for hydroxylation is 1. The third-order valence-corrected chi connectivity index (χ3v) is 3.75. The van der Waals surface area contributed by atoms with E-state index < -0.39 is 17.6 Å². The van der Waals surface area contributed by atoms with Gasteiger partial charge in [-0.3, -0.25) is 4.68 Å². The predicted octanol–water partition coefficient (Wildman–Crippen LogP) is 2.41. The standard InChI is InChI=1S/C12H18F3N3/c1-18-7-4-10(17-18)8-11(16)5-2-9(3-6-11)12(13,14)15/h4,7,9H,2-3,5-6,8,16H2,1H3. The van der Waals surface area contributed by atoms with Gasteiger partial charge in [-0.25, -0.2) is 0 Å². The molecule has 18 heavy (non-hydrogen) atoms. The number of alkyl halides is 3. The second-order valence-electron chi connectivity index (χ2n) is 5.34. The molecule has 0 amide bonds. The molecule has 1 saturated carbocycles. The molecule has 2 N–H and O–H groups in total. The number of nitrogens with zero attached hydrogens (tertiary/aromatic N) is 2. The first kappa shape index (κ1) is 13.4. The first-order valence-corrected chi connectivity index (χ1v) is 6.13. The van der Waals surface area contributed by atoms with Crippen molar-refractivity contribution in [3.05, 3.63) is 18.0 Å². The topological polar surface area (TPSA) is 43.8 Å². The van der Waals surface area contributed by atoms with Crippen LogP contribution in [0.25, 0.3) is 0 Å². The van der Waals surface area contributed by atoms with Crippen LogP contribution in [0.2, 0.25) is 0 Å². The molecule has 102 valence electrons. The fraction of sp³-hybridized carbons (Fsp3) is 0.750. The van der Waals surface area contributed by atoms with Gasteiger partial charge < -0.3 is 5.73 Å². The molecule has 0 aliphatic heterocycles. The normalized spacial score (nSPS) is 29.5. The summed E-state index contributed by atoms with van der Waals surface area (Å²) >= 11 is 0. The van der Waals surface area contributed by atoms with Gasteiger partial charge in [0.25, 0.3) is 0 Å². The van der Waals surface area contributed by atoms with Gasteiger partial charge in [-0.15, -0.1) is 0 Å². The number of nitrogens with two attached hydrogens (primary N) is 1. The lowest BCUT2D eigenvalue weighted by atomic mass is 9.74. The Morgan fingerprint density at radius 2 is 2.06 bits per heavy atom. The summed E-state index contributed by atoms with van der Waals surface area (Å²) in [5.41, 5.74) is 6.51. The molecule has 1 aromatic heterocycles. The predicted molar refractivity (Wildman–Crippen MR) is 61.8 cm³/mol. The highest BCUT2D eigenvalue weighted by atomic mass is 19.4. The molecule has 6 heteroatoms. The molecule has 1 aliphatic rings. The highest BCUT2D eigenvalue weighted by molar-refractivity contribution is 5.06. The molecule has 0 spiro atoms. The second-order valence-corrected chi connectivity index (χ2v) is 5.34. The average Bonchev–Trinajstić information content (AvgIpc) is 2.62. The summed E-state index contributed by atoms with van der Waals surface area (Å²) in [6, 6.07) is 1.87. The Hall–Kier alpha value is -1.04. The van der Waals surface area contributed by atoms with Crippen LogP contribution in [0.5, 0.6) is 0 Å². The molecule has 1 aromatic rings. The van der Waals surface area contributed by atoms with Crippen LogP contribution in [0, 0.1) is 5.92 Å². The van der Waals surface area contributed by atoms with Crippen molar-refractivity contribution in [3.8, 4) is 0 Å². The van der Waals surface area contributed by atoms with E-state index in [1.165, 1.54) is 0 Å². The molecule has 0 saturated heterocycles. The molecule has 0 atom stereocenters. The SMILES string of the molecule is Cn1ccc(CC2(N)CCC(C(F)(F)F)CC2)n1. The minimum absolute atomic E-state index is 0.132. The summed E-state index contributed by atoms with van der Waals surface area (Å²) in [6.45, 7) is 0. The van der Waals surface area contributed by atoms with Crippen molar-refractivity contribution in [2.24, 2.45) is 18.7 Å². The fourth-order valence-electron chi connectivity index (χ4n) is 2.61. The zero-order valence-electron chi connectivity index (χ0n) is 10.4. The number of hydrogen-bond acceptors (Lipinski definition) is 2. The summed E-state index contributed by atoms with van der Waals surface area (Å²) in [4.78, 5) is 0. The van der Waals surface area contributed by atoms with Crippen molar-refractivity contribution in [3.63, 3.8) is 0 Å². The molecular formula is C12H18F3N3. The van der Waals surface area contributed by atoms with Crippen LogP contribution < -0.4 is 5.73 Å². The van der Waals surface area contributed by atoms with Gasteiger partial charge in [0, 0.05) is 25.2 Å². The molecule has 0 aromatic carbocycles. The number of rotatable bonds is 2. The third-order valence-electron chi connectivity index (χ3n) is 3.75. The minimum atomic E-state index is -4.08. The lowest BCUT2D eigenvalue weighted by molar-refractivity contribution is -0.184. The minimum Gasteiger partial charge on any atom is -0.325 e. The van der Waals surface area contributed by atoms with Crippen LogP contribution in [0.15, 0.2) is 12.3 Å². The molecule has 3 nitrogen and oxygen atoms in total. The highest BCUT2D eigenvalue weighted by Crippen LogP contribution is 2.41. The van der Waals surface area contributed by atoms with Crippen LogP contribution in [0.1, 0.15) is 31.4 Å². The molecule has 2 rings (SSSR count). The molecule has 0 bridgehead atoms. The average molecular weight is 261 g/mol. The Labute approximate surface area is 104 Å². The van der Waals surface area contributed by atoms with Gasteiger partial charge in [0.15, 0.2) is 0 Å². The lowest BCUT2D eigenvalue weighted by Gasteiger charge is -2.37. The Morgan fingerprint density at radius 1 is 1.44 bits per heavy atom.